The first kappa shape index (κ1) is 20.4. The second kappa shape index (κ2) is 7.10. The summed E-state index contributed by atoms with van der Waals surface area (Å²) in [4.78, 5) is 28.9. The average Bonchev–Trinajstić information content (AvgIpc) is 3.25. The number of likely N-dealkylation sites (tertiary alicyclic amines) is 1. The number of rotatable bonds is 2. The Labute approximate surface area is 171 Å². The molecular formula is C20H22F3N5O2. The van der Waals surface area contributed by atoms with E-state index >= 15 is 0 Å². The van der Waals surface area contributed by atoms with Crippen molar-refractivity contribution in [1.29, 1.82) is 0 Å². The summed E-state index contributed by atoms with van der Waals surface area (Å²) in [6, 6.07) is 6.58. The molecule has 160 valence electrons. The van der Waals surface area contributed by atoms with Gasteiger partial charge in [-0.1, -0.05) is 29.8 Å². The second-order valence-electron chi connectivity index (χ2n) is 7.91. The van der Waals surface area contributed by atoms with Gasteiger partial charge in [0.2, 0.25) is 17.6 Å². The summed E-state index contributed by atoms with van der Waals surface area (Å²) in [5.41, 5.74) is 1.93. The summed E-state index contributed by atoms with van der Waals surface area (Å²) in [5.74, 6) is -1.94. The molecule has 3 heterocycles. The molecule has 4 rings (SSSR count). The molecule has 0 spiro atoms. The number of amides is 2. The molecule has 7 nitrogen and oxygen atoms in total. The van der Waals surface area contributed by atoms with Gasteiger partial charge in [-0.25, -0.2) is 0 Å². The molecule has 0 radical (unpaired) electrons. The fourth-order valence-corrected chi connectivity index (χ4v) is 4.42. The first-order chi connectivity index (χ1) is 14.1. The van der Waals surface area contributed by atoms with Gasteiger partial charge in [0, 0.05) is 26.6 Å². The van der Waals surface area contributed by atoms with Gasteiger partial charge >= 0.3 is 6.18 Å². The molecular weight excluding hydrogens is 399 g/mol. The van der Waals surface area contributed by atoms with Crippen molar-refractivity contribution in [3.63, 3.8) is 0 Å². The van der Waals surface area contributed by atoms with Crippen molar-refractivity contribution < 1.29 is 22.8 Å². The van der Waals surface area contributed by atoms with Crippen LogP contribution < -0.4 is 0 Å². The van der Waals surface area contributed by atoms with Gasteiger partial charge in [0.25, 0.3) is 0 Å². The number of fused-ring (bicyclic) bond motifs is 1. The predicted octanol–water partition coefficient (Wildman–Crippen LogP) is 2.73. The van der Waals surface area contributed by atoms with Crippen molar-refractivity contribution in [3.8, 4) is 0 Å². The van der Waals surface area contributed by atoms with Crippen LogP contribution in [0.1, 0.15) is 48.2 Å². The van der Waals surface area contributed by atoms with Gasteiger partial charge in [-0.05, 0) is 19.4 Å². The van der Waals surface area contributed by atoms with E-state index in [1.165, 1.54) is 4.90 Å². The Hall–Kier alpha value is -2.91. The van der Waals surface area contributed by atoms with Crippen LogP contribution in [0.2, 0.25) is 0 Å². The van der Waals surface area contributed by atoms with E-state index in [4.69, 9.17) is 0 Å². The minimum absolute atomic E-state index is 0.0427. The number of aromatic nitrogens is 3. The third kappa shape index (κ3) is 3.23. The maximum atomic E-state index is 13.4. The summed E-state index contributed by atoms with van der Waals surface area (Å²) in [6.07, 6.45) is -4.54. The lowest BCUT2D eigenvalue weighted by molar-refractivity contribution is -0.148. The number of halogens is 3. The fraction of sp³-hybridized carbons (Fsp3) is 0.500. The van der Waals surface area contributed by atoms with Gasteiger partial charge in [0.1, 0.15) is 0 Å². The molecule has 1 aromatic heterocycles. The topological polar surface area (TPSA) is 71.3 Å². The largest absolute Gasteiger partial charge is 0.451 e. The van der Waals surface area contributed by atoms with E-state index in [1.54, 1.807) is 18.9 Å². The van der Waals surface area contributed by atoms with Crippen LogP contribution >= 0.6 is 0 Å². The lowest BCUT2D eigenvalue weighted by Gasteiger charge is -2.36. The lowest BCUT2D eigenvalue weighted by Crippen LogP contribution is -2.45. The van der Waals surface area contributed by atoms with Gasteiger partial charge in [0.15, 0.2) is 5.82 Å². The normalized spacial score (nSPS) is 24.3. The molecule has 2 aliphatic rings. The molecule has 2 aliphatic heterocycles. The van der Waals surface area contributed by atoms with Crippen molar-refractivity contribution >= 4 is 11.8 Å². The Balaban J connectivity index is 1.63. The van der Waals surface area contributed by atoms with Crippen LogP contribution in [0.5, 0.6) is 0 Å². The quantitative estimate of drug-likeness (QED) is 0.748. The molecule has 3 unspecified atom stereocenters. The molecule has 10 heteroatoms. The van der Waals surface area contributed by atoms with Crippen LogP contribution in [0.3, 0.4) is 0 Å². The third-order valence-electron chi connectivity index (χ3n) is 6.04. The Morgan fingerprint density at radius 3 is 2.43 bits per heavy atom. The van der Waals surface area contributed by atoms with E-state index in [9.17, 15) is 22.8 Å². The lowest BCUT2D eigenvalue weighted by atomic mass is 9.91. The zero-order chi connectivity index (χ0) is 21.8. The predicted molar refractivity (Wildman–Crippen MR) is 99.9 cm³/mol. The maximum Gasteiger partial charge on any atom is 0.451 e. The van der Waals surface area contributed by atoms with E-state index in [2.05, 4.69) is 10.2 Å². The maximum absolute atomic E-state index is 13.4. The second-order valence-corrected chi connectivity index (χ2v) is 7.91. The SMILES string of the molecule is Cc1ccc(C2C(C(=O)N3CCn4c(nnc4C(F)(F)F)C3C)CC(=O)N2C)cc1. The molecule has 30 heavy (non-hydrogen) atoms. The highest BCUT2D eigenvalue weighted by Crippen LogP contribution is 2.40. The average molecular weight is 421 g/mol. The molecule has 1 saturated heterocycles. The Morgan fingerprint density at radius 1 is 1.13 bits per heavy atom. The highest BCUT2D eigenvalue weighted by Gasteiger charge is 2.47. The smallest absolute Gasteiger partial charge is 0.338 e. The number of benzene rings is 1. The van der Waals surface area contributed by atoms with E-state index in [1.807, 2.05) is 31.2 Å². The van der Waals surface area contributed by atoms with E-state index < -0.39 is 30.0 Å². The van der Waals surface area contributed by atoms with Gasteiger partial charge in [0.05, 0.1) is 18.0 Å². The first-order valence-electron chi connectivity index (χ1n) is 9.72. The monoisotopic (exact) mass is 421 g/mol. The molecule has 0 N–H and O–H groups in total. The molecule has 0 bridgehead atoms. The van der Waals surface area contributed by atoms with Crippen LogP contribution in [0.15, 0.2) is 24.3 Å². The summed E-state index contributed by atoms with van der Waals surface area (Å²) in [5, 5.41) is 7.00. The highest BCUT2D eigenvalue weighted by molar-refractivity contribution is 5.90. The van der Waals surface area contributed by atoms with Crippen LogP contribution in [0, 0.1) is 12.8 Å². The van der Waals surface area contributed by atoms with Crippen LogP contribution in [0.25, 0.3) is 0 Å². The summed E-state index contributed by atoms with van der Waals surface area (Å²) in [6.45, 7) is 3.65. The number of hydrogen-bond acceptors (Lipinski definition) is 4. The highest BCUT2D eigenvalue weighted by atomic mass is 19.4. The van der Waals surface area contributed by atoms with Gasteiger partial charge in [-0.15, -0.1) is 10.2 Å². The molecule has 2 aromatic rings. The van der Waals surface area contributed by atoms with E-state index in [0.29, 0.717) is 0 Å². The zero-order valence-corrected chi connectivity index (χ0v) is 16.8. The summed E-state index contributed by atoms with van der Waals surface area (Å²) in [7, 11) is 1.67. The van der Waals surface area contributed by atoms with Crippen LogP contribution in [0.4, 0.5) is 13.2 Å². The number of alkyl halides is 3. The number of carbonyl (C=O) groups excluding carboxylic acids is 2. The summed E-state index contributed by atoms with van der Waals surface area (Å²) < 4.78 is 40.5. The first-order valence-corrected chi connectivity index (χ1v) is 9.72. The fourth-order valence-electron chi connectivity index (χ4n) is 4.42. The molecule has 0 aliphatic carbocycles. The van der Waals surface area contributed by atoms with Gasteiger partial charge in [-0.3, -0.25) is 9.59 Å². The Morgan fingerprint density at radius 2 is 1.80 bits per heavy atom. The molecule has 3 atom stereocenters. The van der Waals surface area contributed by atoms with Crippen molar-refractivity contribution in [2.75, 3.05) is 13.6 Å². The molecule has 2 amide bonds. The molecule has 1 aromatic carbocycles. The van der Waals surface area contributed by atoms with Gasteiger partial charge in [-0.2, -0.15) is 13.2 Å². The van der Waals surface area contributed by atoms with Crippen LogP contribution in [-0.2, 0) is 22.3 Å². The molecule has 0 saturated carbocycles. The standard InChI is InChI=1S/C20H22F3N5O2/c1-11-4-6-13(7-5-11)16-14(10-15(29)26(16)3)18(30)27-8-9-28-17(12(27)2)24-25-19(28)20(21,22)23/h4-7,12,14,16H,8-10H2,1-3H3. The van der Waals surface area contributed by atoms with Gasteiger partial charge < -0.3 is 14.4 Å². The Bertz CT molecular complexity index is 985. The van der Waals surface area contributed by atoms with Crippen LogP contribution in [-0.4, -0.2) is 50.0 Å². The summed E-state index contributed by atoms with van der Waals surface area (Å²) >= 11 is 0. The van der Waals surface area contributed by atoms with Crippen molar-refractivity contribution in [3.05, 3.63) is 47.0 Å². The van der Waals surface area contributed by atoms with Crippen molar-refractivity contribution in [2.45, 2.75) is 45.1 Å². The minimum atomic E-state index is -4.60. The minimum Gasteiger partial charge on any atom is -0.338 e. The number of carbonyl (C=O) groups is 2. The Kier molecular flexibility index (Phi) is 4.82. The number of aryl methyl sites for hydroxylation is 1. The van der Waals surface area contributed by atoms with E-state index in [-0.39, 0.29) is 37.1 Å². The number of nitrogens with zero attached hydrogens (tertiary/aromatic N) is 5. The van der Waals surface area contributed by atoms with Crippen molar-refractivity contribution in [2.24, 2.45) is 5.92 Å². The number of hydrogen-bond donors (Lipinski definition) is 0. The third-order valence-corrected chi connectivity index (χ3v) is 6.04. The zero-order valence-electron chi connectivity index (χ0n) is 16.8. The van der Waals surface area contributed by atoms with Crippen molar-refractivity contribution in [1.82, 2.24) is 24.6 Å². The molecule has 1 fully saturated rings. The van der Waals surface area contributed by atoms with E-state index in [0.717, 1.165) is 15.7 Å².